The Morgan fingerprint density at radius 3 is 2.41 bits per heavy atom. The molecule has 0 aromatic heterocycles. The van der Waals surface area contributed by atoms with Crippen LogP contribution in [0.4, 0.5) is 10.5 Å². The van der Waals surface area contributed by atoms with Gasteiger partial charge in [-0.15, -0.1) is 0 Å². The van der Waals surface area contributed by atoms with Crippen LogP contribution < -0.4 is 10.6 Å². The second-order valence-electron chi connectivity index (χ2n) is 3.30. The van der Waals surface area contributed by atoms with Gasteiger partial charge in [0.05, 0.1) is 5.56 Å². The van der Waals surface area contributed by atoms with Gasteiger partial charge in [0, 0.05) is 5.69 Å². The summed E-state index contributed by atoms with van der Waals surface area (Å²) in [6, 6.07) is 5.92. The molecule has 0 unspecified atom stereocenters. The van der Waals surface area contributed by atoms with E-state index >= 15 is 0 Å². The lowest BCUT2D eigenvalue weighted by Gasteiger charge is -2.09. The number of thioether (sulfide) groups is 1. The van der Waals surface area contributed by atoms with Crippen molar-refractivity contribution in [2.45, 2.75) is 5.37 Å². The van der Waals surface area contributed by atoms with Gasteiger partial charge < -0.3 is 10.4 Å². The average molecular weight is 252 g/mol. The molecule has 1 saturated heterocycles. The average Bonchev–Trinajstić information content (AvgIpc) is 2.58. The SMILES string of the molecule is O=C1NC(=O)[C@H](Nc2ccc(C(=O)O)cc2)S1. The highest BCUT2D eigenvalue weighted by Gasteiger charge is 2.31. The van der Waals surface area contributed by atoms with Crippen LogP contribution in [0.15, 0.2) is 24.3 Å². The summed E-state index contributed by atoms with van der Waals surface area (Å²) in [6.07, 6.45) is 0. The van der Waals surface area contributed by atoms with Gasteiger partial charge in [0.2, 0.25) is 0 Å². The van der Waals surface area contributed by atoms with Crippen molar-refractivity contribution in [3.8, 4) is 0 Å². The zero-order valence-corrected chi connectivity index (χ0v) is 9.28. The van der Waals surface area contributed by atoms with Gasteiger partial charge in [-0.25, -0.2) is 4.79 Å². The van der Waals surface area contributed by atoms with Crippen molar-refractivity contribution >= 4 is 34.6 Å². The quantitative estimate of drug-likeness (QED) is 0.745. The predicted molar refractivity (Wildman–Crippen MR) is 61.9 cm³/mol. The van der Waals surface area contributed by atoms with E-state index in [-0.39, 0.29) is 5.56 Å². The number of imide groups is 1. The smallest absolute Gasteiger partial charge is 0.335 e. The van der Waals surface area contributed by atoms with Gasteiger partial charge in [-0.2, -0.15) is 0 Å². The van der Waals surface area contributed by atoms with Gasteiger partial charge in [0.1, 0.15) is 0 Å². The van der Waals surface area contributed by atoms with Gasteiger partial charge in [-0.05, 0) is 36.0 Å². The Kier molecular flexibility index (Phi) is 3.01. The lowest BCUT2D eigenvalue weighted by atomic mass is 10.2. The van der Waals surface area contributed by atoms with Crippen LogP contribution in [0.5, 0.6) is 0 Å². The van der Waals surface area contributed by atoms with Gasteiger partial charge in [-0.3, -0.25) is 14.9 Å². The minimum atomic E-state index is -1.01. The second kappa shape index (κ2) is 4.46. The van der Waals surface area contributed by atoms with E-state index in [1.54, 1.807) is 12.1 Å². The Balaban J connectivity index is 2.07. The lowest BCUT2D eigenvalue weighted by Crippen LogP contribution is -2.29. The molecule has 1 aromatic carbocycles. The van der Waals surface area contributed by atoms with Gasteiger partial charge in [0.15, 0.2) is 5.37 Å². The fourth-order valence-corrected chi connectivity index (χ4v) is 2.05. The maximum atomic E-state index is 11.3. The summed E-state index contributed by atoms with van der Waals surface area (Å²) in [5.74, 6) is -1.41. The van der Waals surface area contributed by atoms with Gasteiger partial charge in [0.25, 0.3) is 11.1 Å². The summed E-state index contributed by atoms with van der Waals surface area (Å²) in [6.45, 7) is 0. The summed E-state index contributed by atoms with van der Waals surface area (Å²) in [5, 5.41) is 12.6. The second-order valence-corrected chi connectivity index (χ2v) is 4.38. The van der Waals surface area contributed by atoms with E-state index in [1.807, 2.05) is 0 Å². The Hall–Kier alpha value is -2.02. The molecule has 3 N–H and O–H groups in total. The van der Waals surface area contributed by atoms with Crippen molar-refractivity contribution in [3.05, 3.63) is 29.8 Å². The number of benzene rings is 1. The van der Waals surface area contributed by atoms with Crippen LogP contribution in [0.1, 0.15) is 10.4 Å². The van der Waals surface area contributed by atoms with Crippen LogP contribution in [0.25, 0.3) is 0 Å². The van der Waals surface area contributed by atoms with Crippen molar-refractivity contribution in [1.29, 1.82) is 0 Å². The van der Waals surface area contributed by atoms with Gasteiger partial charge >= 0.3 is 5.97 Å². The number of amides is 2. The number of carboxylic acid groups (broad SMARTS) is 1. The summed E-state index contributed by atoms with van der Waals surface area (Å²) in [4.78, 5) is 32.8. The van der Waals surface area contributed by atoms with Crippen molar-refractivity contribution < 1.29 is 19.5 Å². The zero-order chi connectivity index (χ0) is 12.4. The number of aromatic carboxylic acids is 1. The summed E-state index contributed by atoms with van der Waals surface area (Å²) in [7, 11) is 0. The van der Waals surface area contributed by atoms with E-state index in [4.69, 9.17) is 5.11 Å². The molecule has 6 nitrogen and oxygen atoms in total. The molecule has 1 heterocycles. The van der Waals surface area contributed by atoms with E-state index < -0.39 is 22.5 Å². The van der Waals surface area contributed by atoms with Crippen LogP contribution in [-0.4, -0.2) is 27.6 Å². The van der Waals surface area contributed by atoms with E-state index in [0.29, 0.717) is 5.69 Å². The molecule has 0 radical (unpaired) electrons. The minimum Gasteiger partial charge on any atom is -0.478 e. The molecule has 0 bridgehead atoms. The summed E-state index contributed by atoms with van der Waals surface area (Å²) < 4.78 is 0. The first-order valence-electron chi connectivity index (χ1n) is 4.67. The molecule has 1 fully saturated rings. The molecule has 1 atom stereocenters. The summed E-state index contributed by atoms with van der Waals surface area (Å²) in [5.41, 5.74) is 0.743. The predicted octanol–water partition coefficient (Wildman–Crippen LogP) is 1.11. The van der Waals surface area contributed by atoms with E-state index in [2.05, 4.69) is 10.6 Å². The molecule has 2 amide bonds. The lowest BCUT2D eigenvalue weighted by molar-refractivity contribution is -0.118. The highest BCUT2D eigenvalue weighted by molar-refractivity contribution is 8.15. The molecule has 1 aromatic rings. The molecule has 0 saturated carbocycles. The van der Waals surface area contributed by atoms with Crippen molar-refractivity contribution in [3.63, 3.8) is 0 Å². The van der Waals surface area contributed by atoms with Crippen molar-refractivity contribution in [1.82, 2.24) is 5.32 Å². The number of nitrogens with one attached hydrogen (secondary N) is 2. The van der Waals surface area contributed by atoms with Crippen molar-refractivity contribution in [2.75, 3.05) is 5.32 Å². The zero-order valence-electron chi connectivity index (χ0n) is 8.47. The number of carbonyl (C=O) groups is 3. The molecule has 17 heavy (non-hydrogen) atoms. The number of carboxylic acids is 1. The third-order valence-corrected chi connectivity index (χ3v) is 3.00. The van der Waals surface area contributed by atoms with Crippen LogP contribution in [0, 0.1) is 0 Å². The Bertz CT molecular complexity index is 486. The number of hydrogen-bond donors (Lipinski definition) is 3. The molecular formula is C10H8N2O4S. The fraction of sp³-hybridized carbons (Fsp3) is 0.100. The third-order valence-electron chi connectivity index (χ3n) is 2.12. The molecule has 0 aliphatic carbocycles. The molecular weight excluding hydrogens is 244 g/mol. The molecule has 88 valence electrons. The standard InChI is InChI=1S/C10H8N2O4S/c13-7-8(17-10(16)12-7)11-6-3-1-5(2-4-6)9(14)15/h1-4,8,11H,(H,14,15)(H,12,13,16)/t8-/m1/s1. The van der Waals surface area contributed by atoms with Crippen LogP contribution in [0.2, 0.25) is 0 Å². The normalized spacial score (nSPS) is 18.9. The Morgan fingerprint density at radius 1 is 1.29 bits per heavy atom. The van der Waals surface area contributed by atoms with E-state index in [9.17, 15) is 14.4 Å². The highest BCUT2D eigenvalue weighted by Crippen LogP contribution is 2.21. The maximum Gasteiger partial charge on any atom is 0.335 e. The number of anilines is 1. The number of hydrogen-bond acceptors (Lipinski definition) is 5. The molecule has 2 rings (SSSR count). The Morgan fingerprint density at radius 2 is 1.94 bits per heavy atom. The van der Waals surface area contributed by atoms with Crippen molar-refractivity contribution in [2.24, 2.45) is 0 Å². The fourth-order valence-electron chi connectivity index (χ4n) is 1.31. The third kappa shape index (κ3) is 2.56. The highest BCUT2D eigenvalue weighted by atomic mass is 32.2. The monoisotopic (exact) mass is 252 g/mol. The largest absolute Gasteiger partial charge is 0.478 e. The minimum absolute atomic E-state index is 0.162. The molecule has 7 heteroatoms. The maximum absolute atomic E-state index is 11.3. The first-order chi connectivity index (χ1) is 8.06. The Labute approximate surface area is 100 Å². The number of rotatable bonds is 3. The summed E-state index contributed by atoms with van der Waals surface area (Å²) >= 11 is 0.852. The van der Waals surface area contributed by atoms with E-state index in [1.165, 1.54) is 12.1 Å². The van der Waals surface area contributed by atoms with Crippen LogP contribution in [0.3, 0.4) is 0 Å². The van der Waals surface area contributed by atoms with Crippen LogP contribution in [-0.2, 0) is 4.79 Å². The first kappa shape index (κ1) is 11.5. The van der Waals surface area contributed by atoms with Crippen LogP contribution >= 0.6 is 11.8 Å². The topological polar surface area (TPSA) is 95.5 Å². The molecule has 0 spiro atoms. The molecule has 1 aliphatic heterocycles. The number of carbonyl (C=O) groups excluding carboxylic acids is 2. The van der Waals surface area contributed by atoms with E-state index in [0.717, 1.165) is 11.8 Å². The molecule has 1 aliphatic rings. The van der Waals surface area contributed by atoms with Gasteiger partial charge in [-0.1, -0.05) is 0 Å². The first-order valence-corrected chi connectivity index (χ1v) is 5.55.